The molecule has 1 unspecified atom stereocenters. The van der Waals surface area contributed by atoms with Gasteiger partial charge in [0.15, 0.2) is 0 Å². The Morgan fingerprint density at radius 1 is 1.45 bits per heavy atom. The van der Waals surface area contributed by atoms with E-state index in [0.717, 1.165) is 22.1 Å². The van der Waals surface area contributed by atoms with Gasteiger partial charge in [-0.3, -0.25) is 9.59 Å². The van der Waals surface area contributed by atoms with Gasteiger partial charge >= 0.3 is 0 Å². The van der Waals surface area contributed by atoms with E-state index in [1.165, 1.54) is 0 Å². The van der Waals surface area contributed by atoms with Crippen LogP contribution >= 0.6 is 15.9 Å². The Labute approximate surface area is 140 Å². The lowest BCUT2D eigenvalue weighted by atomic mass is 10.1. The minimum Gasteiger partial charge on any atom is -0.356 e. The minimum atomic E-state index is -0.247. The molecule has 1 atom stereocenters. The molecule has 0 spiro atoms. The summed E-state index contributed by atoms with van der Waals surface area (Å²) in [6, 6.07) is 5.83. The molecule has 4 nitrogen and oxygen atoms in total. The third-order valence-electron chi connectivity index (χ3n) is 3.97. The summed E-state index contributed by atoms with van der Waals surface area (Å²) in [6.45, 7) is 7.38. The Morgan fingerprint density at radius 3 is 2.82 bits per heavy atom. The molecule has 1 aromatic carbocycles. The smallest absolute Gasteiger partial charge is 0.227 e. The molecular weight excluding hydrogens is 344 g/mol. The van der Waals surface area contributed by atoms with Crippen molar-refractivity contribution in [1.29, 1.82) is 0 Å². The fourth-order valence-corrected chi connectivity index (χ4v) is 3.14. The molecule has 0 aromatic heterocycles. The van der Waals surface area contributed by atoms with Gasteiger partial charge in [0.1, 0.15) is 0 Å². The number of amides is 2. The topological polar surface area (TPSA) is 49.4 Å². The molecule has 2 amide bonds. The van der Waals surface area contributed by atoms with Crippen molar-refractivity contribution in [2.24, 2.45) is 11.8 Å². The standard InChI is InChI=1S/C17H23BrN2O2/c1-11(2)6-7-19-17(22)13-9-16(21)20(10-13)15-5-4-14(18)8-12(15)3/h4-5,8,11,13H,6-7,9-10H2,1-3H3,(H,19,22). The van der Waals surface area contributed by atoms with Crippen molar-refractivity contribution in [3.63, 3.8) is 0 Å². The van der Waals surface area contributed by atoms with Crippen LogP contribution in [0.5, 0.6) is 0 Å². The highest BCUT2D eigenvalue weighted by atomic mass is 79.9. The highest BCUT2D eigenvalue weighted by molar-refractivity contribution is 9.10. The number of nitrogens with zero attached hydrogens (tertiary/aromatic N) is 1. The highest BCUT2D eigenvalue weighted by Crippen LogP contribution is 2.29. The van der Waals surface area contributed by atoms with Crippen LogP contribution in [-0.2, 0) is 9.59 Å². The van der Waals surface area contributed by atoms with Gasteiger partial charge in [0.2, 0.25) is 11.8 Å². The number of hydrogen-bond donors (Lipinski definition) is 1. The van der Waals surface area contributed by atoms with Crippen LogP contribution in [0.3, 0.4) is 0 Å². The van der Waals surface area contributed by atoms with Gasteiger partial charge < -0.3 is 10.2 Å². The normalized spacial score (nSPS) is 18.1. The summed E-state index contributed by atoms with van der Waals surface area (Å²) >= 11 is 3.43. The van der Waals surface area contributed by atoms with Crippen molar-refractivity contribution in [3.8, 4) is 0 Å². The second-order valence-corrected chi connectivity index (χ2v) is 7.23. The molecule has 1 aromatic rings. The van der Waals surface area contributed by atoms with Gasteiger partial charge in [0, 0.05) is 29.7 Å². The summed E-state index contributed by atoms with van der Waals surface area (Å²) in [4.78, 5) is 26.2. The number of rotatable bonds is 5. The lowest BCUT2D eigenvalue weighted by molar-refractivity contribution is -0.126. The zero-order chi connectivity index (χ0) is 16.3. The largest absolute Gasteiger partial charge is 0.356 e. The molecule has 1 heterocycles. The van der Waals surface area contributed by atoms with Crippen LogP contribution in [0.2, 0.25) is 0 Å². The third kappa shape index (κ3) is 4.09. The molecule has 0 radical (unpaired) electrons. The summed E-state index contributed by atoms with van der Waals surface area (Å²) in [5.74, 6) is 0.329. The first-order valence-corrected chi connectivity index (χ1v) is 8.52. The van der Waals surface area contributed by atoms with Crippen LogP contribution in [0.25, 0.3) is 0 Å². The molecule has 1 saturated heterocycles. The second-order valence-electron chi connectivity index (χ2n) is 6.31. The number of nitrogens with one attached hydrogen (secondary N) is 1. The molecule has 22 heavy (non-hydrogen) atoms. The lowest BCUT2D eigenvalue weighted by Crippen LogP contribution is -2.34. The number of aryl methyl sites for hydroxylation is 1. The number of carbonyl (C=O) groups is 2. The fraction of sp³-hybridized carbons (Fsp3) is 0.529. The van der Waals surface area contributed by atoms with Crippen LogP contribution in [0, 0.1) is 18.8 Å². The number of benzene rings is 1. The van der Waals surface area contributed by atoms with Crippen molar-refractivity contribution >= 4 is 33.4 Å². The maximum atomic E-state index is 12.2. The van der Waals surface area contributed by atoms with Crippen molar-refractivity contribution in [2.75, 3.05) is 18.0 Å². The molecule has 2 rings (SSSR count). The highest BCUT2D eigenvalue weighted by Gasteiger charge is 2.35. The summed E-state index contributed by atoms with van der Waals surface area (Å²) in [5.41, 5.74) is 1.93. The van der Waals surface area contributed by atoms with Crippen molar-refractivity contribution in [2.45, 2.75) is 33.6 Å². The van der Waals surface area contributed by atoms with Gasteiger partial charge in [-0.1, -0.05) is 29.8 Å². The third-order valence-corrected chi connectivity index (χ3v) is 4.46. The van der Waals surface area contributed by atoms with Crippen LogP contribution in [0.4, 0.5) is 5.69 Å². The Bertz CT molecular complexity index is 572. The maximum absolute atomic E-state index is 12.2. The minimum absolute atomic E-state index is 0.00809. The molecule has 1 aliphatic heterocycles. The average molecular weight is 367 g/mol. The van der Waals surface area contributed by atoms with Crippen LogP contribution in [0.15, 0.2) is 22.7 Å². The number of halogens is 1. The van der Waals surface area contributed by atoms with Gasteiger partial charge in [-0.2, -0.15) is 0 Å². The zero-order valence-electron chi connectivity index (χ0n) is 13.4. The molecule has 0 bridgehead atoms. The number of carbonyl (C=O) groups excluding carboxylic acids is 2. The van der Waals surface area contributed by atoms with Gasteiger partial charge in [0.25, 0.3) is 0 Å². The molecule has 0 aliphatic carbocycles. The van der Waals surface area contributed by atoms with E-state index in [2.05, 4.69) is 35.1 Å². The molecule has 5 heteroatoms. The Morgan fingerprint density at radius 2 is 2.18 bits per heavy atom. The summed E-state index contributed by atoms with van der Waals surface area (Å²) in [6.07, 6.45) is 1.25. The van der Waals surface area contributed by atoms with E-state index in [-0.39, 0.29) is 17.7 Å². The maximum Gasteiger partial charge on any atom is 0.227 e. The molecular formula is C17H23BrN2O2. The summed E-state index contributed by atoms with van der Waals surface area (Å²) in [5, 5.41) is 2.95. The summed E-state index contributed by atoms with van der Waals surface area (Å²) < 4.78 is 0.989. The zero-order valence-corrected chi connectivity index (χ0v) is 14.9. The van der Waals surface area contributed by atoms with Gasteiger partial charge in [-0.15, -0.1) is 0 Å². The van der Waals surface area contributed by atoms with Crippen LogP contribution < -0.4 is 10.2 Å². The van der Waals surface area contributed by atoms with E-state index in [1.54, 1.807) is 4.90 Å². The Hall–Kier alpha value is -1.36. The monoisotopic (exact) mass is 366 g/mol. The van der Waals surface area contributed by atoms with Gasteiger partial charge in [-0.05, 0) is 43.0 Å². The lowest BCUT2D eigenvalue weighted by Gasteiger charge is -2.19. The van der Waals surface area contributed by atoms with Crippen molar-refractivity contribution in [1.82, 2.24) is 5.32 Å². The van der Waals surface area contributed by atoms with Gasteiger partial charge in [0.05, 0.1) is 5.92 Å². The van der Waals surface area contributed by atoms with E-state index in [9.17, 15) is 9.59 Å². The quantitative estimate of drug-likeness (QED) is 0.869. The predicted molar refractivity (Wildman–Crippen MR) is 91.8 cm³/mol. The number of hydrogen-bond acceptors (Lipinski definition) is 2. The van der Waals surface area contributed by atoms with E-state index in [0.29, 0.717) is 25.4 Å². The Balaban J connectivity index is 2.00. The van der Waals surface area contributed by atoms with E-state index in [1.807, 2.05) is 25.1 Å². The molecule has 120 valence electrons. The first-order chi connectivity index (χ1) is 10.4. The second kappa shape index (κ2) is 7.27. The van der Waals surface area contributed by atoms with E-state index < -0.39 is 0 Å². The molecule has 0 saturated carbocycles. The predicted octanol–water partition coefficient (Wildman–Crippen LogP) is 3.27. The fourth-order valence-electron chi connectivity index (χ4n) is 2.67. The number of anilines is 1. The molecule has 1 N–H and O–H groups in total. The first kappa shape index (κ1) is 17.0. The first-order valence-electron chi connectivity index (χ1n) is 7.72. The van der Waals surface area contributed by atoms with Crippen molar-refractivity contribution < 1.29 is 9.59 Å². The van der Waals surface area contributed by atoms with E-state index >= 15 is 0 Å². The van der Waals surface area contributed by atoms with Crippen molar-refractivity contribution in [3.05, 3.63) is 28.2 Å². The summed E-state index contributed by atoms with van der Waals surface area (Å²) in [7, 11) is 0. The molecule has 1 aliphatic rings. The van der Waals surface area contributed by atoms with Crippen LogP contribution in [0.1, 0.15) is 32.3 Å². The van der Waals surface area contributed by atoms with E-state index in [4.69, 9.17) is 0 Å². The van der Waals surface area contributed by atoms with Gasteiger partial charge in [-0.25, -0.2) is 0 Å². The average Bonchev–Trinajstić information content (AvgIpc) is 2.80. The Kier molecular flexibility index (Phi) is 5.62. The van der Waals surface area contributed by atoms with Crippen LogP contribution in [-0.4, -0.2) is 24.9 Å². The SMILES string of the molecule is Cc1cc(Br)ccc1N1CC(C(=O)NCCC(C)C)CC1=O. The molecule has 1 fully saturated rings.